The fraction of sp³-hybridized carbons (Fsp3) is 0.400. The zero-order valence-electron chi connectivity index (χ0n) is 5.08. The van der Waals surface area contributed by atoms with E-state index >= 15 is 0 Å². The van der Waals surface area contributed by atoms with Crippen LogP contribution in [0, 0.1) is 13.8 Å². The van der Waals surface area contributed by atoms with Crippen LogP contribution in [0.3, 0.4) is 0 Å². The van der Waals surface area contributed by atoms with E-state index < -0.39 is 0 Å². The predicted molar refractivity (Wildman–Crippen MR) is 31.2 cm³/mol. The first-order valence-corrected chi connectivity index (χ1v) is 2.54. The van der Waals surface area contributed by atoms with Gasteiger partial charge in [-0.1, -0.05) is 0 Å². The normalized spacial score (nSPS) is 9.75. The van der Waals surface area contributed by atoms with Gasteiger partial charge in [-0.3, -0.25) is 0 Å². The molecule has 8 heavy (non-hydrogen) atoms. The summed E-state index contributed by atoms with van der Waals surface area (Å²) < 4.78 is 0. The largest absolute Gasteiger partial charge is 0.392 e. The fourth-order valence-electron chi connectivity index (χ4n) is 0.603. The van der Waals surface area contributed by atoms with Crippen molar-refractivity contribution in [2.24, 2.45) is 0 Å². The Morgan fingerprint density at radius 3 is 2.25 bits per heavy atom. The Labute approximate surface area is 47.9 Å². The monoisotopic (exact) mass is 112 g/mol. The van der Waals surface area contributed by atoms with E-state index in [0.29, 0.717) is 0 Å². The summed E-state index contributed by atoms with van der Waals surface area (Å²) in [5, 5.41) is 5.77. The van der Waals surface area contributed by atoms with Crippen LogP contribution in [-0.4, -0.2) is 5.10 Å². The first-order valence-electron chi connectivity index (χ1n) is 2.54. The van der Waals surface area contributed by atoms with Crippen LogP contribution in [0.4, 0.5) is 5.69 Å². The Balaban J connectivity index is 3.19. The van der Waals surface area contributed by atoms with Gasteiger partial charge in [0.25, 0.3) is 0 Å². The number of hydrogen-bond acceptors (Lipinski definition) is 1. The molecule has 3 heteroatoms. The Morgan fingerprint density at radius 2 is 2.12 bits per heavy atom. The molecule has 0 aliphatic carbocycles. The van der Waals surface area contributed by atoms with Crippen LogP contribution in [0.2, 0.25) is 0 Å². The number of aromatic nitrogens is 2. The van der Waals surface area contributed by atoms with E-state index in [2.05, 4.69) is 10.2 Å². The number of nitrogens with two attached hydrogens (primary N) is 1. The molecule has 0 bridgehead atoms. The third kappa shape index (κ3) is 0.559. The van der Waals surface area contributed by atoms with E-state index in [1.807, 2.05) is 13.8 Å². The van der Waals surface area contributed by atoms with Crippen molar-refractivity contribution >= 4 is 5.69 Å². The van der Waals surface area contributed by atoms with Gasteiger partial charge >= 0.3 is 0 Å². The molecule has 0 aliphatic heterocycles. The van der Waals surface area contributed by atoms with Gasteiger partial charge in [0.15, 0.2) is 0 Å². The molecule has 0 unspecified atom stereocenters. The quantitative estimate of drug-likeness (QED) is 0.488. The van der Waals surface area contributed by atoms with Crippen molar-refractivity contribution in [1.82, 2.24) is 5.10 Å². The topological polar surface area (TPSA) is 56.0 Å². The SMILES string of the molecule is Cc1[nH][nH+]c(C)c1N. The van der Waals surface area contributed by atoms with Crippen molar-refractivity contribution in [1.29, 1.82) is 0 Å². The summed E-state index contributed by atoms with van der Waals surface area (Å²) in [6.45, 7) is 3.86. The molecule has 1 heterocycles. The Morgan fingerprint density at radius 1 is 1.50 bits per heavy atom. The van der Waals surface area contributed by atoms with Gasteiger partial charge in [0.1, 0.15) is 5.69 Å². The van der Waals surface area contributed by atoms with E-state index in [-0.39, 0.29) is 0 Å². The minimum Gasteiger partial charge on any atom is -0.392 e. The maximum atomic E-state index is 5.54. The molecule has 3 nitrogen and oxygen atoms in total. The highest BCUT2D eigenvalue weighted by Gasteiger charge is 2.04. The molecule has 0 atom stereocenters. The fourth-order valence-corrected chi connectivity index (χ4v) is 0.603. The lowest BCUT2D eigenvalue weighted by atomic mass is 10.3. The van der Waals surface area contributed by atoms with Gasteiger partial charge in [-0.2, -0.15) is 5.10 Å². The summed E-state index contributed by atoms with van der Waals surface area (Å²) >= 11 is 0. The van der Waals surface area contributed by atoms with Gasteiger partial charge < -0.3 is 5.73 Å². The average molecular weight is 112 g/mol. The first-order chi connectivity index (χ1) is 3.72. The summed E-state index contributed by atoms with van der Waals surface area (Å²) in [5.74, 6) is 0. The minimum atomic E-state index is 0.824. The van der Waals surface area contributed by atoms with Gasteiger partial charge in [-0.15, -0.1) is 5.10 Å². The van der Waals surface area contributed by atoms with E-state index in [1.54, 1.807) is 0 Å². The molecular formula is C5H10N3+. The van der Waals surface area contributed by atoms with Crippen LogP contribution in [0.1, 0.15) is 11.4 Å². The molecule has 4 N–H and O–H groups in total. The Hall–Kier alpha value is -0.990. The molecule has 1 aromatic heterocycles. The highest BCUT2D eigenvalue weighted by atomic mass is 15.1. The summed E-state index contributed by atoms with van der Waals surface area (Å²) in [7, 11) is 0. The highest BCUT2D eigenvalue weighted by molar-refractivity contribution is 5.43. The summed E-state index contributed by atoms with van der Waals surface area (Å²) in [5.41, 5.74) is 8.37. The van der Waals surface area contributed by atoms with Crippen LogP contribution in [0.15, 0.2) is 0 Å². The maximum Gasteiger partial charge on any atom is 0.225 e. The second-order valence-electron chi connectivity index (χ2n) is 1.91. The molecular weight excluding hydrogens is 102 g/mol. The maximum absolute atomic E-state index is 5.54. The zero-order chi connectivity index (χ0) is 6.15. The van der Waals surface area contributed by atoms with Crippen LogP contribution in [-0.2, 0) is 0 Å². The van der Waals surface area contributed by atoms with Crippen LogP contribution in [0.25, 0.3) is 0 Å². The van der Waals surface area contributed by atoms with Crippen LogP contribution < -0.4 is 10.8 Å². The Bertz CT molecular complexity index is 170. The molecule has 1 rings (SSSR count). The molecule has 0 radical (unpaired) electrons. The first kappa shape index (κ1) is 5.15. The average Bonchev–Trinajstić information content (AvgIpc) is 1.98. The Kier molecular flexibility index (Phi) is 0.970. The van der Waals surface area contributed by atoms with E-state index in [9.17, 15) is 0 Å². The predicted octanol–water partition coefficient (Wildman–Crippen LogP) is 0.0278. The third-order valence-electron chi connectivity index (χ3n) is 1.25. The van der Waals surface area contributed by atoms with E-state index in [0.717, 1.165) is 17.1 Å². The second kappa shape index (κ2) is 1.51. The summed E-state index contributed by atoms with van der Waals surface area (Å²) in [6, 6.07) is 0. The molecule has 0 amide bonds. The van der Waals surface area contributed by atoms with Crippen molar-refractivity contribution in [3.8, 4) is 0 Å². The van der Waals surface area contributed by atoms with E-state index in [1.165, 1.54) is 0 Å². The molecule has 0 aromatic carbocycles. The van der Waals surface area contributed by atoms with Gasteiger partial charge in [-0.25, -0.2) is 0 Å². The number of anilines is 1. The van der Waals surface area contributed by atoms with Crippen LogP contribution in [0.5, 0.6) is 0 Å². The number of H-pyrrole nitrogens is 2. The third-order valence-corrected chi connectivity index (χ3v) is 1.25. The standard InChI is InChI=1S/C5H9N3/c1-3-5(6)4(2)8-7-3/h6H2,1-2H3,(H,7,8)/p+1. The minimum absolute atomic E-state index is 0.824. The van der Waals surface area contributed by atoms with Crippen LogP contribution >= 0.6 is 0 Å². The summed E-state index contributed by atoms with van der Waals surface area (Å²) in [4.78, 5) is 0. The molecule has 0 saturated heterocycles. The van der Waals surface area contributed by atoms with Crippen molar-refractivity contribution in [2.45, 2.75) is 13.8 Å². The lowest BCUT2D eigenvalue weighted by Gasteiger charge is -1.79. The molecule has 0 saturated carbocycles. The van der Waals surface area contributed by atoms with Gasteiger partial charge in [0.05, 0.1) is 5.69 Å². The van der Waals surface area contributed by atoms with Crippen molar-refractivity contribution in [2.75, 3.05) is 5.73 Å². The lowest BCUT2D eigenvalue weighted by molar-refractivity contribution is -0.457. The highest BCUT2D eigenvalue weighted by Crippen LogP contribution is 2.05. The molecule has 0 aliphatic rings. The van der Waals surface area contributed by atoms with Crippen molar-refractivity contribution in [3.05, 3.63) is 11.4 Å². The smallest absolute Gasteiger partial charge is 0.225 e. The van der Waals surface area contributed by atoms with Crippen molar-refractivity contribution < 1.29 is 5.10 Å². The lowest BCUT2D eigenvalue weighted by Crippen LogP contribution is -2.04. The summed E-state index contributed by atoms with van der Waals surface area (Å²) in [6.07, 6.45) is 0. The second-order valence-corrected chi connectivity index (χ2v) is 1.91. The number of rotatable bonds is 0. The zero-order valence-corrected chi connectivity index (χ0v) is 5.08. The number of aromatic amines is 2. The molecule has 1 aromatic rings. The molecule has 0 spiro atoms. The van der Waals surface area contributed by atoms with Gasteiger partial charge in [-0.05, 0) is 6.92 Å². The number of nitrogens with one attached hydrogen (secondary N) is 2. The van der Waals surface area contributed by atoms with Gasteiger partial charge in [0.2, 0.25) is 5.69 Å². The number of hydrogen-bond donors (Lipinski definition) is 2. The molecule has 44 valence electrons. The van der Waals surface area contributed by atoms with Crippen molar-refractivity contribution in [3.63, 3.8) is 0 Å². The number of nitrogen functional groups attached to an aromatic ring is 1. The van der Waals surface area contributed by atoms with Gasteiger partial charge in [0, 0.05) is 6.92 Å². The number of aryl methyl sites for hydroxylation is 2. The van der Waals surface area contributed by atoms with E-state index in [4.69, 9.17) is 5.73 Å². The molecule has 0 fully saturated rings.